The van der Waals surface area contributed by atoms with E-state index in [1.165, 1.54) is 6.07 Å². The molecule has 7 nitrogen and oxygen atoms in total. The van der Waals surface area contributed by atoms with Gasteiger partial charge in [-0.15, -0.1) is 4.40 Å². The zero-order valence-corrected chi connectivity index (χ0v) is 16.9. The molecule has 0 fully saturated rings. The summed E-state index contributed by atoms with van der Waals surface area (Å²) < 4.78 is 28.2. The molecule has 0 saturated carbocycles. The van der Waals surface area contributed by atoms with Crippen LogP contribution in [0.2, 0.25) is 0 Å². The number of benzene rings is 3. The first-order valence-electron chi connectivity index (χ1n) is 9.47. The van der Waals surface area contributed by atoms with Gasteiger partial charge in [0.15, 0.2) is 5.84 Å². The summed E-state index contributed by atoms with van der Waals surface area (Å²) in [6.07, 6.45) is 1.72. The van der Waals surface area contributed by atoms with Crippen molar-refractivity contribution >= 4 is 44.0 Å². The maximum absolute atomic E-state index is 12.6. The topological polar surface area (TPSA) is 101 Å². The molecule has 1 aliphatic rings. The Bertz CT molecular complexity index is 1460. The summed E-state index contributed by atoms with van der Waals surface area (Å²) in [7, 11) is -3.69. The molecule has 0 bridgehead atoms. The summed E-state index contributed by atoms with van der Waals surface area (Å²) in [4.78, 5) is 17.1. The van der Waals surface area contributed by atoms with E-state index in [0.29, 0.717) is 22.5 Å². The van der Waals surface area contributed by atoms with E-state index in [4.69, 9.17) is 0 Å². The van der Waals surface area contributed by atoms with Crippen LogP contribution in [0.5, 0.6) is 0 Å². The summed E-state index contributed by atoms with van der Waals surface area (Å²) in [5.74, 6) is 0.0125. The highest BCUT2D eigenvalue weighted by atomic mass is 32.2. The number of amides is 1. The van der Waals surface area contributed by atoms with E-state index in [-0.39, 0.29) is 16.6 Å². The van der Waals surface area contributed by atoms with Gasteiger partial charge in [0.05, 0.1) is 5.52 Å². The summed E-state index contributed by atoms with van der Waals surface area (Å²) >= 11 is 0. The smallest absolute Gasteiger partial charge is 0.285 e. The SMILES string of the molecule is O=C(Nc1ccc2ncccc2c1)c1ccc(NC2=NS(=O)(=O)c3ccccc32)cc1. The van der Waals surface area contributed by atoms with E-state index in [1.54, 1.807) is 54.7 Å². The monoisotopic (exact) mass is 428 g/mol. The second-order valence-corrected chi connectivity index (χ2v) is 8.55. The molecular weight excluding hydrogens is 412 g/mol. The molecule has 1 aliphatic heterocycles. The molecule has 0 radical (unpaired) electrons. The summed E-state index contributed by atoms with van der Waals surface area (Å²) in [5.41, 5.74) is 3.15. The van der Waals surface area contributed by atoms with Gasteiger partial charge in [0.25, 0.3) is 15.9 Å². The molecule has 3 aromatic carbocycles. The number of pyridine rings is 1. The zero-order chi connectivity index (χ0) is 21.4. The second kappa shape index (κ2) is 7.33. The molecule has 0 spiro atoms. The van der Waals surface area contributed by atoms with E-state index in [1.807, 2.05) is 24.3 Å². The van der Waals surface area contributed by atoms with Crippen LogP contribution in [0, 0.1) is 0 Å². The fourth-order valence-electron chi connectivity index (χ4n) is 3.39. The second-order valence-electron chi connectivity index (χ2n) is 6.98. The third-order valence-corrected chi connectivity index (χ3v) is 6.24. The molecule has 31 heavy (non-hydrogen) atoms. The van der Waals surface area contributed by atoms with Gasteiger partial charge in [-0.25, -0.2) is 0 Å². The van der Waals surface area contributed by atoms with Crippen molar-refractivity contribution in [3.05, 3.63) is 96.2 Å². The molecule has 0 aliphatic carbocycles. The number of aromatic nitrogens is 1. The van der Waals surface area contributed by atoms with E-state index >= 15 is 0 Å². The highest BCUT2D eigenvalue weighted by molar-refractivity contribution is 7.90. The quantitative estimate of drug-likeness (QED) is 0.513. The highest BCUT2D eigenvalue weighted by Crippen LogP contribution is 2.27. The largest absolute Gasteiger partial charge is 0.339 e. The lowest BCUT2D eigenvalue weighted by atomic mass is 10.1. The lowest BCUT2D eigenvalue weighted by molar-refractivity contribution is 0.102. The summed E-state index contributed by atoms with van der Waals surface area (Å²) in [5, 5.41) is 6.83. The minimum absolute atomic E-state index is 0.180. The van der Waals surface area contributed by atoms with E-state index in [9.17, 15) is 13.2 Å². The molecule has 1 amide bonds. The van der Waals surface area contributed by atoms with E-state index in [2.05, 4.69) is 20.0 Å². The Hall–Kier alpha value is -4.04. The van der Waals surface area contributed by atoms with Crippen molar-refractivity contribution in [2.75, 3.05) is 10.6 Å². The van der Waals surface area contributed by atoms with Gasteiger partial charge in [-0.2, -0.15) is 8.42 Å². The van der Waals surface area contributed by atoms with Gasteiger partial charge < -0.3 is 10.6 Å². The normalized spacial score (nSPS) is 14.0. The number of amidine groups is 1. The Kier molecular flexibility index (Phi) is 4.48. The number of fused-ring (bicyclic) bond motifs is 2. The minimum Gasteiger partial charge on any atom is -0.339 e. The fourth-order valence-corrected chi connectivity index (χ4v) is 4.57. The Morgan fingerprint density at radius 1 is 0.839 bits per heavy atom. The van der Waals surface area contributed by atoms with Crippen LogP contribution in [0.15, 0.2) is 94.4 Å². The third-order valence-electron chi connectivity index (χ3n) is 4.90. The van der Waals surface area contributed by atoms with E-state index < -0.39 is 10.0 Å². The number of carbonyl (C=O) groups excluding carboxylic acids is 1. The van der Waals surface area contributed by atoms with Gasteiger partial charge in [0.1, 0.15) is 4.90 Å². The molecule has 5 rings (SSSR count). The number of sulfonamides is 1. The predicted octanol–water partition coefficient (Wildman–Crippen LogP) is 4.05. The molecule has 0 unspecified atom stereocenters. The first-order valence-corrected chi connectivity index (χ1v) is 10.9. The lowest BCUT2D eigenvalue weighted by Gasteiger charge is -2.09. The van der Waals surface area contributed by atoms with Crippen LogP contribution in [-0.4, -0.2) is 25.1 Å². The van der Waals surface area contributed by atoms with Gasteiger partial charge in [-0.1, -0.05) is 18.2 Å². The lowest BCUT2D eigenvalue weighted by Crippen LogP contribution is -2.13. The Labute approximate surface area is 178 Å². The van der Waals surface area contributed by atoms with Gasteiger partial charge in [0, 0.05) is 34.1 Å². The molecular formula is C23H16N4O3S. The molecule has 0 atom stereocenters. The van der Waals surface area contributed by atoms with Crippen LogP contribution in [0.3, 0.4) is 0 Å². The van der Waals surface area contributed by atoms with Crippen molar-refractivity contribution in [1.29, 1.82) is 0 Å². The average molecular weight is 428 g/mol. The Morgan fingerprint density at radius 3 is 2.45 bits per heavy atom. The number of hydrogen-bond acceptors (Lipinski definition) is 5. The molecule has 152 valence electrons. The molecule has 8 heteroatoms. The van der Waals surface area contributed by atoms with Crippen LogP contribution >= 0.6 is 0 Å². The van der Waals surface area contributed by atoms with Crippen molar-refractivity contribution in [1.82, 2.24) is 4.98 Å². The average Bonchev–Trinajstić information content (AvgIpc) is 3.04. The maximum atomic E-state index is 12.6. The fraction of sp³-hybridized carbons (Fsp3) is 0. The van der Waals surface area contributed by atoms with Gasteiger partial charge in [0.2, 0.25) is 0 Å². The number of rotatable bonds is 3. The molecule has 1 aromatic heterocycles. The van der Waals surface area contributed by atoms with Crippen LogP contribution in [0.25, 0.3) is 10.9 Å². The van der Waals surface area contributed by atoms with Crippen molar-refractivity contribution in [3.63, 3.8) is 0 Å². The van der Waals surface area contributed by atoms with Crippen LogP contribution in [-0.2, 0) is 10.0 Å². The highest BCUT2D eigenvalue weighted by Gasteiger charge is 2.28. The van der Waals surface area contributed by atoms with Crippen molar-refractivity contribution in [3.8, 4) is 0 Å². The molecule has 0 saturated heterocycles. The van der Waals surface area contributed by atoms with Crippen LogP contribution in [0.1, 0.15) is 15.9 Å². The third kappa shape index (κ3) is 3.64. The van der Waals surface area contributed by atoms with Crippen LogP contribution < -0.4 is 10.6 Å². The molecule has 4 aromatic rings. The molecule has 2 N–H and O–H groups in total. The number of hydrogen-bond donors (Lipinski definition) is 2. The van der Waals surface area contributed by atoms with Crippen molar-refractivity contribution in [2.24, 2.45) is 4.40 Å². The summed E-state index contributed by atoms with van der Waals surface area (Å²) in [6, 6.07) is 22.7. The first-order chi connectivity index (χ1) is 15.0. The number of anilines is 2. The van der Waals surface area contributed by atoms with Gasteiger partial charge in [-0.3, -0.25) is 9.78 Å². The zero-order valence-electron chi connectivity index (χ0n) is 16.1. The van der Waals surface area contributed by atoms with E-state index in [0.717, 1.165) is 10.9 Å². The maximum Gasteiger partial charge on any atom is 0.285 e. The van der Waals surface area contributed by atoms with Crippen molar-refractivity contribution < 1.29 is 13.2 Å². The molecule has 2 heterocycles. The number of nitrogens with one attached hydrogen (secondary N) is 2. The summed E-state index contributed by atoms with van der Waals surface area (Å²) in [6.45, 7) is 0. The first kappa shape index (κ1) is 19.0. The van der Waals surface area contributed by atoms with Gasteiger partial charge in [-0.05, 0) is 60.7 Å². The van der Waals surface area contributed by atoms with Gasteiger partial charge >= 0.3 is 0 Å². The predicted molar refractivity (Wildman–Crippen MR) is 120 cm³/mol. The standard InChI is InChI=1S/C23H16N4O3S/c28-23(26-18-11-12-20-16(14-18)4-3-13-24-20)15-7-9-17(10-8-15)25-22-19-5-1-2-6-21(19)31(29,30)27-22/h1-14H,(H,25,27)(H,26,28). The number of nitrogens with zero attached hydrogens (tertiary/aromatic N) is 2. The Morgan fingerprint density at radius 2 is 1.61 bits per heavy atom. The number of carbonyl (C=O) groups is 1. The Balaban J connectivity index is 1.32. The van der Waals surface area contributed by atoms with Crippen molar-refractivity contribution in [2.45, 2.75) is 4.90 Å². The minimum atomic E-state index is -3.69. The van der Waals surface area contributed by atoms with Crippen LogP contribution in [0.4, 0.5) is 11.4 Å².